The number of nitrogens with zero attached hydrogens (tertiary/aromatic N) is 2. The second kappa shape index (κ2) is 9.73. The maximum atomic E-state index is 13.1. The Hall–Kier alpha value is -3.54. The number of oxazole rings is 1. The molecular weight excluding hydrogens is 514 g/mol. The first kappa shape index (κ1) is 25.1. The summed E-state index contributed by atoms with van der Waals surface area (Å²) in [5.41, 5.74) is 2.75. The van der Waals surface area contributed by atoms with Gasteiger partial charge < -0.3 is 9.73 Å². The Morgan fingerprint density at radius 3 is 2.35 bits per heavy atom. The number of benzene rings is 3. The van der Waals surface area contributed by atoms with Crippen molar-refractivity contribution in [2.24, 2.45) is 5.92 Å². The fourth-order valence-corrected chi connectivity index (χ4v) is 6.60. The van der Waals surface area contributed by atoms with Gasteiger partial charge in [0.15, 0.2) is 15.4 Å². The van der Waals surface area contributed by atoms with Gasteiger partial charge in [0.1, 0.15) is 5.52 Å². The summed E-state index contributed by atoms with van der Waals surface area (Å²) in [4.78, 5) is 17.3. The van der Waals surface area contributed by atoms with E-state index in [1.54, 1.807) is 18.2 Å². The van der Waals surface area contributed by atoms with Gasteiger partial charge in [-0.1, -0.05) is 24.3 Å². The first-order chi connectivity index (χ1) is 17.6. The van der Waals surface area contributed by atoms with Gasteiger partial charge in [0.25, 0.3) is 0 Å². The normalized spacial score (nSPS) is 15.6. The molecule has 2 heterocycles. The van der Waals surface area contributed by atoms with E-state index in [4.69, 9.17) is 4.42 Å². The quantitative estimate of drug-likeness (QED) is 0.393. The van der Waals surface area contributed by atoms with Crippen molar-refractivity contribution in [3.8, 4) is 11.5 Å². The van der Waals surface area contributed by atoms with Gasteiger partial charge in [-0.3, -0.25) is 4.79 Å². The van der Waals surface area contributed by atoms with E-state index >= 15 is 0 Å². The van der Waals surface area contributed by atoms with E-state index in [1.807, 2.05) is 30.3 Å². The maximum absolute atomic E-state index is 13.1. The number of carbonyl (C=O) groups excluding carboxylic acids is 1. The van der Waals surface area contributed by atoms with Crippen LogP contribution in [-0.4, -0.2) is 51.4 Å². The molecule has 1 N–H and O–H groups in total. The first-order valence-electron chi connectivity index (χ1n) is 11.7. The molecule has 1 aromatic heterocycles. The third-order valence-corrected chi connectivity index (χ3v) is 9.37. The number of para-hydroxylation sites is 2. The number of sulfone groups is 1. The monoisotopic (exact) mass is 539 g/mol. The topological polar surface area (TPSA) is 127 Å². The van der Waals surface area contributed by atoms with Crippen molar-refractivity contribution < 1.29 is 26.0 Å². The number of amides is 1. The van der Waals surface area contributed by atoms with Crippen LogP contribution in [0.25, 0.3) is 22.6 Å². The molecule has 3 aromatic carbocycles. The Labute approximate surface area is 215 Å². The predicted molar refractivity (Wildman–Crippen MR) is 139 cm³/mol. The summed E-state index contributed by atoms with van der Waals surface area (Å²) in [6.07, 6.45) is 1.73. The van der Waals surface area contributed by atoms with E-state index < -0.39 is 19.9 Å². The van der Waals surface area contributed by atoms with E-state index in [2.05, 4.69) is 10.3 Å². The summed E-state index contributed by atoms with van der Waals surface area (Å²) in [5.74, 6) is -0.0941. The second-order valence-corrected chi connectivity index (χ2v) is 12.9. The van der Waals surface area contributed by atoms with E-state index in [-0.39, 0.29) is 34.7 Å². The van der Waals surface area contributed by atoms with Gasteiger partial charge in [-0.15, -0.1) is 0 Å². The molecule has 0 spiro atoms. The molecular formula is C26H25N3O6S2. The van der Waals surface area contributed by atoms with Gasteiger partial charge in [-0.05, 0) is 61.4 Å². The Kier molecular flexibility index (Phi) is 6.61. The molecule has 1 aliphatic heterocycles. The average Bonchev–Trinajstić information content (AvgIpc) is 3.33. The third kappa shape index (κ3) is 5.29. The molecule has 1 fully saturated rings. The van der Waals surface area contributed by atoms with Gasteiger partial charge in [-0.2, -0.15) is 4.31 Å². The first-order valence-corrected chi connectivity index (χ1v) is 15.0. The molecule has 0 aliphatic carbocycles. The molecule has 1 aliphatic rings. The van der Waals surface area contributed by atoms with Crippen LogP contribution in [0.2, 0.25) is 0 Å². The Bertz CT molecular complexity index is 1660. The van der Waals surface area contributed by atoms with Crippen LogP contribution >= 0.6 is 0 Å². The van der Waals surface area contributed by atoms with Gasteiger partial charge >= 0.3 is 0 Å². The lowest BCUT2D eigenvalue weighted by Gasteiger charge is -2.30. The Balaban J connectivity index is 1.24. The number of hydrogen-bond acceptors (Lipinski definition) is 7. The number of nitrogens with one attached hydrogen (secondary N) is 1. The molecule has 1 amide bonds. The van der Waals surface area contributed by atoms with Crippen molar-refractivity contribution >= 4 is 42.6 Å². The average molecular weight is 540 g/mol. The van der Waals surface area contributed by atoms with Crippen LogP contribution in [0.5, 0.6) is 0 Å². The lowest BCUT2D eigenvalue weighted by molar-refractivity contribution is -0.120. The van der Waals surface area contributed by atoms with Gasteiger partial charge in [-0.25, -0.2) is 21.8 Å². The van der Waals surface area contributed by atoms with Gasteiger partial charge in [0.05, 0.1) is 9.79 Å². The minimum atomic E-state index is -3.88. The van der Waals surface area contributed by atoms with Crippen molar-refractivity contribution in [3.05, 3.63) is 72.8 Å². The van der Waals surface area contributed by atoms with Crippen molar-refractivity contribution in [1.29, 1.82) is 0 Å². The molecule has 11 heteroatoms. The molecule has 37 heavy (non-hydrogen) atoms. The van der Waals surface area contributed by atoms with Crippen LogP contribution in [0.3, 0.4) is 0 Å². The van der Waals surface area contributed by atoms with Crippen molar-refractivity contribution in [2.75, 3.05) is 24.7 Å². The fourth-order valence-electron chi connectivity index (χ4n) is 4.34. The lowest BCUT2D eigenvalue weighted by Crippen LogP contribution is -2.41. The predicted octanol–water partition coefficient (Wildman–Crippen LogP) is 3.94. The molecule has 0 atom stereocenters. The van der Waals surface area contributed by atoms with E-state index in [0.29, 0.717) is 30.0 Å². The zero-order valence-electron chi connectivity index (χ0n) is 20.0. The highest BCUT2D eigenvalue weighted by molar-refractivity contribution is 7.91. The molecule has 0 bridgehead atoms. The number of aromatic nitrogens is 1. The molecule has 5 rings (SSSR count). The van der Waals surface area contributed by atoms with E-state index in [0.717, 1.165) is 17.3 Å². The number of fused-ring (bicyclic) bond motifs is 1. The van der Waals surface area contributed by atoms with Crippen molar-refractivity contribution in [2.45, 2.75) is 22.6 Å². The number of anilines is 1. The molecule has 0 saturated carbocycles. The number of sulfonamides is 1. The summed E-state index contributed by atoms with van der Waals surface area (Å²) in [5, 5.41) is 2.92. The maximum Gasteiger partial charge on any atom is 0.243 e. The molecule has 0 unspecified atom stereocenters. The van der Waals surface area contributed by atoms with Crippen LogP contribution in [0.1, 0.15) is 12.8 Å². The molecule has 1 saturated heterocycles. The largest absolute Gasteiger partial charge is 0.436 e. The lowest BCUT2D eigenvalue weighted by atomic mass is 9.97. The Morgan fingerprint density at radius 2 is 1.62 bits per heavy atom. The second-order valence-electron chi connectivity index (χ2n) is 8.98. The van der Waals surface area contributed by atoms with E-state index in [9.17, 15) is 21.6 Å². The summed E-state index contributed by atoms with van der Waals surface area (Å²) in [6, 6.07) is 20.0. The number of piperidine rings is 1. The zero-order valence-corrected chi connectivity index (χ0v) is 21.6. The van der Waals surface area contributed by atoms with Crippen LogP contribution in [0.4, 0.5) is 5.69 Å². The highest BCUT2D eigenvalue weighted by Gasteiger charge is 2.32. The Morgan fingerprint density at radius 1 is 0.919 bits per heavy atom. The van der Waals surface area contributed by atoms with Crippen LogP contribution in [-0.2, 0) is 24.7 Å². The van der Waals surface area contributed by atoms with Gasteiger partial charge in [0, 0.05) is 36.5 Å². The minimum absolute atomic E-state index is 0.0529. The SMILES string of the molecule is CS(=O)(=O)c1cccc(S(=O)(=O)N2CCC(C(=O)Nc3cccc(-c4nc5ccccc5o4)c3)CC2)c1. The minimum Gasteiger partial charge on any atom is -0.436 e. The van der Waals surface area contributed by atoms with E-state index in [1.165, 1.54) is 28.6 Å². The summed E-state index contributed by atoms with van der Waals surface area (Å²) in [7, 11) is -7.42. The number of carbonyl (C=O) groups is 1. The highest BCUT2D eigenvalue weighted by atomic mass is 32.2. The molecule has 192 valence electrons. The highest BCUT2D eigenvalue weighted by Crippen LogP contribution is 2.28. The standard InChI is InChI=1S/C26H25N3O6S2/c1-36(31,32)21-8-5-9-22(17-21)37(33,34)29-14-12-18(13-15-29)25(30)27-20-7-4-6-19(16-20)26-28-23-10-2-3-11-24(23)35-26/h2-11,16-18H,12-15H2,1H3,(H,27,30). The number of rotatable bonds is 6. The summed E-state index contributed by atoms with van der Waals surface area (Å²) < 4.78 is 57.0. The van der Waals surface area contributed by atoms with Crippen LogP contribution < -0.4 is 5.32 Å². The molecule has 4 aromatic rings. The smallest absolute Gasteiger partial charge is 0.243 e. The molecule has 9 nitrogen and oxygen atoms in total. The number of hydrogen-bond donors (Lipinski definition) is 1. The van der Waals surface area contributed by atoms with Crippen molar-refractivity contribution in [1.82, 2.24) is 9.29 Å². The summed E-state index contributed by atoms with van der Waals surface area (Å²) in [6.45, 7) is 0.318. The van der Waals surface area contributed by atoms with Crippen LogP contribution in [0, 0.1) is 5.92 Å². The summed E-state index contributed by atoms with van der Waals surface area (Å²) >= 11 is 0. The third-order valence-electron chi connectivity index (χ3n) is 6.37. The van der Waals surface area contributed by atoms with Gasteiger partial charge in [0.2, 0.25) is 21.8 Å². The van der Waals surface area contributed by atoms with Crippen LogP contribution in [0.15, 0.2) is 87.0 Å². The fraction of sp³-hybridized carbons (Fsp3) is 0.231. The zero-order chi connectivity index (χ0) is 26.2. The molecule has 0 radical (unpaired) electrons. The van der Waals surface area contributed by atoms with Crippen molar-refractivity contribution in [3.63, 3.8) is 0 Å².